The van der Waals surface area contributed by atoms with Crippen molar-refractivity contribution in [3.05, 3.63) is 83.2 Å². The molecule has 0 unspecified atom stereocenters. The number of nitrogens with zero attached hydrogens (tertiary/aromatic N) is 3. The van der Waals surface area contributed by atoms with Crippen molar-refractivity contribution in [3.63, 3.8) is 0 Å². The molecule has 12 heteroatoms. The van der Waals surface area contributed by atoms with Gasteiger partial charge >= 0.3 is 5.97 Å². The molecule has 2 aromatic carbocycles. The van der Waals surface area contributed by atoms with E-state index in [1.807, 2.05) is 0 Å². The molecule has 2 amide bonds. The molecule has 3 aromatic rings. The molecule has 47 heavy (non-hydrogen) atoms. The summed E-state index contributed by atoms with van der Waals surface area (Å²) >= 11 is 0. The highest BCUT2D eigenvalue weighted by Gasteiger charge is 2.26. The van der Waals surface area contributed by atoms with Gasteiger partial charge < -0.3 is 30.6 Å². The molecule has 12 nitrogen and oxygen atoms in total. The number of carbonyl (C=O) groups is 3. The maximum atomic E-state index is 13.9. The van der Waals surface area contributed by atoms with E-state index in [0.717, 1.165) is 25.9 Å². The number of methoxy groups -OCH3 is 1. The van der Waals surface area contributed by atoms with Gasteiger partial charge in [0, 0.05) is 66.7 Å². The molecule has 246 valence electrons. The Balaban J connectivity index is 1.50. The Morgan fingerprint density at radius 3 is 2.49 bits per heavy atom. The van der Waals surface area contributed by atoms with Crippen LogP contribution in [0.25, 0.3) is 17.2 Å². The molecule has 4 N–H and O–H groups in total. The Labute approximate surface area is 274 Å². The number of amides is 2. The van der Waals surface area contributed by atoms with Crippen molar-refractivity contribution in [2.45, 2.75) is 12.8 Å². The summed E-state index contributed by atoms with van der Waals surface area (Å²) in [6, 6.07) is 13.4. The van der Waals surface area contributed by atoms with Crippen molar-refractivity contribution in [2.24, 2.45) is 16.6 Å². The predicted octanol–water partition coefficient (Wildman–Crippen LogP) is 3.62. The zero-order valence-electron chi connectivity index (χ0n) is 26.7. The Morgan fingerprint density at radius 2 is 1.83 bits per heavy atom. The zero-order valence-corrected chi connectivity index (χ0v) is 26.7. The van der Waals surface area contributed by atoms with Crippen LogP contribution in [0.15, 0.2) is 60.1 Å². The molecule has 0 bridgehead atoms. The lowest BCUT2D eigenvalue weighted by atomic mass is 9.94. The Bertz CT molecular complexity index is 1660. The predicted molar refractivity (Wildman–Crippen MR) is 180 cm³/mol. The zero-order chi connectivity index (χ0) is 33.3. The summed E-state index contributed by atoms with van der Waals surface area (Å²) in [5.41, 5.74) is 8.61. The number of ether oxygens (including phenoxy) is 3. The molecule has 1 saturated heterocycles. The second-order valence-electron chi connectivity index (χ2n) is 11.3. The molecular weight excluding hydrogens is 600 g/mol. The molecule has 1 aliphatic carbocycles. The number of anilines is 1. The van der Waals surface area contributed by atoms with Crippen LogP contribution in [0.1, 0.15) is 55.3 Å². The van der Waals surface area contributed by atoms with E-state index in [1.165, 1.54) is 13.2 Å². The summed E-state index contributed by atoms with van der Waals surface area (Å²) in [4.78, 5) is 51.2. The van der Waals surface area contributed by atoms with Gasteiger partial charge in [0.15, 0.2) is 5.69 Å². The van der Waals surface area contributed by atoms with Crippen molar-refractivity contribution in [1.82, 2.24) is 15.2 Å². The first-order chi connectivity index (χ1) is 22.8. The van der Waals surface area contributed by atoms with Gasteiger partial charge in [0.1, 0.15) is 23.9 Å². The van der Waals surface area contributed by atoms with Gasteiger partial charge in [0.05, 0.1) is 20.3 Å². The van der Waals surface area contributed by atoms with E-state index in [0.29, 0.717) is 71.7 Å². The van der Waals surface area contributed by atoms with Crippen LogP contribution in [0.5, 0.6) is 5.75 Å². The summed E-state index contributed by atoms with van der Waals surface area (Å²) < 4.78 is 16.7. The van der Waals surface area contributed by atoms with E-state index in [2.05, 4.69) is 32.1 Å². The van der Waals surface area contributed by atoms with Gasteiger partial charge in [-0.2, -0.15) is 0 Å². The molecular formula is C35H40N6O6. The quantitative estimate of drug-likeness (QED) is 0.144. The molecule has 0 radical (unpaired) electrons. The van der Waals surface area contributed by atoms with Crippen molar-refractivity contribution in [3.8, 4) is 16.9 Å². The number of hydrogen-bond acceptors (Lipinski definition) is 9. The van der Waals surface area contributed by atoms with E-state index in [-0.39, 0.29) is 29.5 Å². The van der Waals surface area contributed by atoms with Crippen LogP contribution >= 0.6 is 0 Å². The van der Waals surface area contributed by atoms with Crippen molar-refractivity contribution in [1.29, 1.82) is 0 Å². The Kier molecular flexibility index (Phi) is 11.0. The first-order valence-corrected chi connectivity index (χ1v) is 15.6. The third kappa shape index (κ3) is 8.40. The number of morpholine rings is 1. The van der Waals surface area contributed by atoms with Crippen molar-refractivity contribution >= 4 is 35.4 Å². The maximum Gasteiger partial charge on any atom is 0.357 e. The topological polar surface area (TPSA) is 157 Å². The van der Waals surface area contributed by atoms with Gasteiger partial charge in [-0.1, -0.05) is 12.7 Å². The van der Waals surface area contributed by atoms with Crippen LogP contribution in [-0.4, -0.2) is 93.7 Å². The number of nitrogens with one attached hydrogen (secondary N) is 2. The smallest absolute Gasteiger partial charge is 0.357 e. The van der Waals surface area contributed by atoms with Gasteiger partial charge in [-0.05, 0) is 67.3 Å². The largest absolute Gasteiger partial charge is 0.496 e. The molecule has 2 heterocycles. The maximum absolute atomic E-state index is 13.9. The van der Waals surface area contributed by atoms with Crippen LogP contribution in [-0.2, 0) is 9.47 Å². The molecule has 2 fully saturated rings. The molecule has 1 aliphatic heterocycles. The lowest BCUT2D eigenvalue weighted by Gasteiger charge is -2.26. The summed E-state index contributed by atoms with van der Waals surface area (Å²) in [6.45, 7) is 7.79. The van der Waals surface area contributed by atoms with E-state index in [1.54, 1.807) is 55.6 Å². The van der Waals surface area contributed by atoms with Crippen LogP contribution in [0.3, 0.4) is 0 Å². The first kappa shape index (κ1) is 33.3. The second kappa shape index (κ2) is 15.5. The number of pyridine rings is 1. The van der Waals surface area contributed by atoms with E-state index in [9.17, 15) is 14.4 Å². The fourth-order valence-electron chi connectivity index (χ4n) is 5.16. The highest BCUT2D eigenvalue weighted by atomic mass is 16.5. The molecule has 1 saturated carbocycles. The number of benzene rings is 2. The lowest BCUT2D eigenvalue weighted by molar-refractivity contribution is 0.0193. The van der Waals surface area contributed by atoms with Gasteiger partial charge in [-0.3, -0.25) is 19.5 Å². The Morgan fingerprint density at radius 1 is 1.09 bits per heavy atom. The van der Waals surface area contributed by atoms with Gasteiger partial charge in [0.2, 0.25) is 0 Å². The normalized spacial score (nSPS) is 15.1. The second-order valence-corrected chi connectivity index (χ2v) is 11.3. The van der Waals surface area contributed by atoms with Gasteiger partial charge in [0.25, 0.3) is 11.8 Å². The van der Waals surface area contributed by atoms with Crippen LogP contribution in [0.4, 0.5) is 5.69 Å². The van der Waals surface area contributed by atoms with Crippen LogP contribution in [0, 0.1) is 5.92 Å². The van der Waals surface area contributed by atoms with E-state index < -0.39 is 11.9 Å². The average molecular weight is 641 g/mol. The van der Waals surface area contributed by atoms with E-state index >= 15 is 0 Å². The van der Waals surface area contributed by atoms with Crippen LogP contribution in [0.2, 0.25) is 0 Å². The molecule has 1 aromatic heterocycles. The lowest BCUT2D eigenvalue weighted by Crippen LogP contribution is -2.38. The van der Waals surface area contributed by atoms with Crippen molar-refractivity contribution < 1.29 is 28.6 Å². The van der Waals surface area contributed by atoms with E-state index in [4.69, 9.17) is 19.9 Å². The highest BCUT2D eigenvalue weighted by molar-refractivity contribution is 6.11. The minimum Gasteiger partial charge on any atom is -0.496 e. The highest BCUT2D eigenvalue weighted by Crippen LogP contribution is 2.35. The standard InChI is InChI=1S/C35H40N6O6/c1-4-23-19-28(33(42)39-25-9-7-24(8-10-25)32(36)37-2)27(20-30(23)45-3)26-11-12-29(34(43)38-21-22-5-6-22)40-31(26)35(44)47-18-15-41-13-16-46-17-14-41/h4,7-12,19-20,22H,1,5-6,13-18,21H2,2-3H3,(H2,36,37)(H,38,43)(H,39,42). The monoisotopic (exact) mass is 640 g/mol. The molecule has 0 atom stereocenters. The number of rotatable bonds is 13. The SMILES string of the molecule is C=Cc1cc(C(=O)Nc2ccc(/C(N)=N/C)cc2)c(-c2ccc(C(=O)NCC3CC3)nc2C(=O)OCCN2CCOCC2)cc1OC. The average Bonchev–Trinajstić information content (AvgIpc) is 3.95. The number of esters is 1. The van der Waals surface area contributed by atoms with Crippen molar-refractivity contribution in [2.75, 3.05) is 65.5 Å². The number of hydrogen-bond donors (Lipinski definition) is 3. The number of nitrogens with two attached hydrogens (primary N) is 1. The third-order valence-corrected chi connectivity index (χ3v) is 8.12. The summed E-state index contributed by atoms with van der Waals surface area (Å²) in [7, 11) is 3.11. The molecule has 2 aliphatic rings. The minimum atomic E-state index is -0.714. The summed E-state index contributed by atoms with van der Waals surface area (Å²) in [6.07, 6.45) is 3.73. The molecule has 5 rings (SSSR count). The fourth-order valence-corrected chi connectivity index (χ4v) is 5.16. The number of aliphatic imine (C=N–C) groups is 1. The third-order valence-electron chi connectivity index (χ3n) is 8.12. The summed E-state index contributed by atoms with van der Waals surface area (Å²) in [5.74, 6) is -0.281. The fraction of sp³-hybridized carbons (Fsp3) is 0.343. The van der Waals surface area contributed by atoms with Gasteiger partial charge in [-0.15, -0.1) is 0 Å². The minimum absolute atomic E-state index is 0.0742. The molecule has 0 spiro atoms. The van der Waals surface area contributed by atoms with Crippen LogP contribution < -0.4 is 21.1 Å². The Hall–Kier alpha value is -5.07. The van der Waals surface area contributed by atoms with Gasteiger partial charge in [-0.25, -0.2) is 9.78 Å². The first-order valence-electron chi connectivity index (χ1n) is 15.6. The number of aromatic nitrogens is 1. The number of carbonyl (C=O) groups excluding carboxylic acids is 3. The summed E-state index contributed by atoms with van der Waals surface area (Å²) in [5, 5.41) is 5.81. The number of amidine groups is 1.